The van der Waals surface area contributed by atoms with Gasteiger partial charge in [-0.3, -0.25) is 4.79 Å². The minimum Gasteiger partial charge on any atom is -0.370 e. The van der Waals surface area contributed by atoms with Crippen molar-refractivity contribution in [1.29, 1.82) is 0 Å². The summed E-state index contributed by atoms with van der Waals surface area (Å²) < 4.78 is 0. The summed E-state index contributed by atoms with van der Waals surface area (Å²) in [5, 5.41) is 0. The Bertz CT molecular complexity index is 406. The van der Waals surface area contributed by atoms with Crippen LogP contribution in [0.1, 0.15) is 30.0 Å². The fourth-order valence-electron chi connectivity index (χ4n) is 1.95. The molecule has 0 saturated carbocycles. The molecular weight excluding hydrogens is 220 g/mol. The van der Waals surface area contributed by atoms with E-state index in [1.54, 1.807) is 0 Å². The number of amides is 1. The van der Waals surface area contributed by atoms with E-state index in [2.05, 4.69) is 12.1 Å². The van der Waals surface area contributed by atoms with Crippen molar-refractivity contribution in [3.8, 4) is 0 Å². The summed E-state index contributed by atoms with van der Waals surface area (Å²) in [7, 11) is 0. The molecule has 1 aromatic rings. The molecule has 0 fully saturated rings. The average molecular weight is 236 g/mol. The highest BCUT2D eigenvalue weighted by atomic mass is 32.2. The van der Waals surface area contributed by atoms with Gasteiger partial charge in [0.25, 0.3) is 0 Å². The Labute approximate surface area is 99.6 Å². The monoisotopic (exact) mass is 236 g/mol. The maximum absolute atomic E-state index is 10.8. The quantitative estimate of drug-likeness (QED) is 0.837. The SMILES string of the molecule is NC(=O)CC(N)c1ccc2c(c1)CCCS2. The molecule has 4 heteroatoms. The minimum absolute atomic E-state index is 0.214. The van der Waals surface area contributed by atoms with E-state index in [0.29, 0.717) is 0 Å². The van der Waals surface area contributed by atoms with Crippen molar-refractivity contribution in [2.75, 3.05) is 5.75 Å². The van der Waals surface area contributed by atoms with Gasteiger partial charge in [0.2, 0.25) is 5.91 Å². The first-order valence-corrected chi connectivity index (χ1v) is 6.45. The number of nitrogens with two attached hydrogens (primary N) is 2. The van der Waals surface area contributed by atoms with E-state index < -0.39 is 0 Å². The van der Waals surface area contributed by atoms with Crippen molar-refractivity contribution in [3.63, 3.8) is 0 Å². The third-order valence-electron chi connectivity index (χ3n) is 2.78. The first-order chi connectivity index (χ1) is 7.66. The van der Waals surface area contributed by atoms with Crippen LogP contribution >= 0.6 is 11.8 Å². The Balaban J connectivity index is 2.19. The van der Waals surface area contributed by atoms with E-state index in [1.807, 2.05) is 17.8 Å². The van der Waals surface area contributed by atoms with Crippen molar-refractivity contribution >= 4 is 17.7 Å². The van der Waals surface area contributed by atoms with Gasteiger partial charge >= 0.3 is 0 Å². The molecule has 0 spiro atoms. The molecule has 1 unspecified atom stereocenters. The van der Waals surface area contributed by atoms with Crippen LogP contribution in [0.25, 0.3) is 0 Å². The molecule has 1 aromatic carbocycles. The van der Waals surface area contributed by atoms with Crippen molar-refractivity contribution in [3.05, 3.63) is 29.3 Å². The fraction of sp³-hybridized carbons (Fsp3) is 0.417. The number of carbonyl (C=O) groups is 1. The van der Waals surface area contributed by atoms with Crippen LogP contribution < -0.4 is 11.5 Å². The smallest absolute Gasteiger partial charge is 0.219 e. The first kappa shape index (κ1) is 11.5. The molecular formula is C12H16N2OS. The van der Waals surface area contributed by atoms with Crippen LogP contribution in [0.3, 0.4) is 0 Å². The van der Waals surface area contributed by atoms with E-state index in [4.69, 9.17) is 11.5 Å². The van der Waals surface area contributed by atoms with Gasteiger partial charge in [0, 0.05) is 17.4 Å². The zero-order valence-electron chi connectivity index (χ0n) is 9.11. The largest absolute Gasteiger partial charge is 0.370 e. The van der Waals surface area contributed by atoms with E-state index in [-0.39, 0.29) is 18.4 Å². The van der Waals surface area contributed by atoms with Crippen molar-refractivity contribution in [2.24, 2.45) is 11.5 Å². The topological polar surface area (TPSA) is 69.1 Å². The molecule has 0 aliphatic carbocycles. The van der Waals surface area contributed by atoms with Crippen LogP contribution in [0.15, 0.2) is 23.1 Å². The van der Waals surface area contributed by atoms with Gasteiger partial charge in [0.05, 0.1) is 0 Å². The number of thioether (sulfide) groups is 1. The number of carbonyl (C=O) groups excluding carboxylic acids is 1. The number of hydrogen-bond acceptors (Lipinski definition) is 3. The number of rotatable bonds is 3. The zero-order valence-corrected chi connectivity index (χ0v) is 9.93. The Morgan fingerprint density at radius 3 is 3.06 bits per heavy atom. The second-order valence-electron chi connectivity index (χ2n) is 4.10. The molecule has 4 N–H and O–H groups in total. The van der Waals surface area contributed by atoms with Gasteiger partial charge in [0.1, 0.15) is 0 Å². The third-order valence-corrected chi connectivity index (χ3v) is 3.98. The summed E-state index contributed by atoms with van der Waals surface area (Å²) >= 11 is 1.89. The van der Waals surface area contributed by atoms with E-state index >= 15 is 0 Å². The molecule has 86 valence electrons. The Kier molecular flexibility index (Phi) is 3.51. The van der Waals surface area contributed by atoms with Crippen LogP contribution in [0.2, 0.25) is 0 Å². The summed E-state index contributed by atoms with van der Waals surface area (Å²) in [6, 6.07) is 5.96. The van der Waals surface area contributed by atoms with Crippen molar-refractivity contribution < 1.29 is 4.79 Å². The molecule has 1 aliphatic rings. The molecule has 1 atom stereocenters. The number of hydrogen-bond donors (Lipinski definition) is 2. The Morgan fingerprint density at radius 1 is 1.50 bits per heavy atom. The van der Waals surface area contributed by atoms with Gasteiger partial charge in [-0.05, 0) is 35.8 Å². The normalized spacial score (nSPS) is 16.6. The first-order valence-electron chi connectivity index (χ1n) is 5.46. The molecule has 0 aromatic heterocycles. The second kappa shape index (κ2) is 4.89. The van der Waals surface area contributed by atoms with Gasteiger partial charge in [-0.25, -0.2) is 0 Å². The van der Waals surface area contributed by atoms with Gasteiger partial charge in [-0.1, -0.05) is 12.1 Å². The highest BCUT2D eigenvalue weighted by Crippen LogP contribution is 2.31. The number of fused-ring (bicyclic) bond motifs is 1. The molecule has 0 radical (unpaired) electrons. The lowest BCUT2D eigenvalue weighted by molar-refractivity contribution is -0.118. The highest BCUT2D eigenvalue weighted by molar-refractivity contribution is 7.99. The molecule has 1 heterocycles. The highest BCUT2D eigenvalue weighted by Gasteiger charge is 2.14. The van der Waals surface area contributed by atoms with E-state index in [0.717, 1.165) is 12.0 Å². The lowest BCUT2D eigenvalue weighted by Gasteiger charge is -2.18. The standard InChI is InChI=1S/C12H16N2OS/c13-10(7-12(14)15)8-3-4-11-9(6-8)2-1-5-16-11/h3-4,6,10H,1-2,5,7,13H2,(H2,14,15). The van der Waals surface area contributed by atoms with Gasteiger partial charge in [-0.15, -0.1) is 11.8 Å². The molecule has 2 rings (SSSR count). The minimum atomic E-state index is -0.348. The van der Waals surface area contributed by atoms with E-state index in [1.165, 1.54) is 22.6 Å². The summed E-state index contributed by atoms with van der Waals surface area (Å²) in [6.45, 7) is 0. The predicted molar refractivity (Wildman–Crippen MR) is 66.2 cm³/mol. The molecule has 1 aliphatic heterocycles. The molecule has 3 nitrogen and oxygen atoms in total. The van der Waals surface area contributed by atoms with Gasteiger partial charge < -0.3 is 11.5 Å². The third kappa shape index (κ3) is 2.57. The molecule has 1 amide bonds. The van der Waals surface area contributed by atoms with Crippen LogP contribution in [0.4, 0.5) is 0 Å². The van der Waals surface area contributed by atoms with Gasteiger partial charge in [-0.2, -0.15) is 0 Å². The van der Waals surface area contributed by atoms with Crippen LogP contribution in [-0.4, -0.2) is 11.7 Å². The van der Waals surface area contributed by atoms with Crippen LogP contribution in [-0.2, 0) is 11.2 Å². The summed E-state index contributed by atoms with van der Waals surface area (Å²) in [5.41, 5.74) is 13.4. The number of benzene rings is 1. The molecule has 0 bridgehead atoms. The van der Waals surface area contributed by atoms with Crippen molar-refractivity contribution in [2.45, 2.75) is 30.2 Å². The maximum atomic E-state index is 10.8. The zero-order chi connectivity index (χ0) is 11.5. The van der Waals surface area contributed by atoms with Crippen LogP contribution in [0, 0.1) is 0 Å². The second-order valence-corrected chi connectivity index (χ2v) is 5.23. The number of primary amides is 1. The summed E-state index contributed by atoms with van der Waals surface area (Å²) in [4.78, 5) is 12.2. The lowest BCUT2D eigenvalue weighted by Crippen LogP contribution is -2.20. The van der Waals surface area contributed by atoms with Crippen LogP contribution in [0.5, 0.6) is 0 Å². The Hall–Kier alpha value is -1.00. The lowest BCUT2D eigenvalue weighted by atomic mass is 10.00. The number of aryl methyl sites for hydroxylation is 1. The van der Waals surface area contributed by atoms with Gasteiger partial charge in [0.15, 0.2) is 0 Å². The Morgan fingerprint density at radius 2 is 2.31 bits per heavy atom. The predicted octanol–water partition coefficient (Wildman–Crippen LogP) is 1.60. The fourth-order valence-corrected chi connectivity index (χ4v) is 2.96. The summed E-state index contributed by atoms with van der Waals surface area (Å²) in [5.74, 6) is 0.847. The van der Waals surface area contributed by atoms with Crippen molar-refractivity contribution in [1.82, 2.24) is 0 Å². The molecule has 16 heavy (non-hydrogen) atoms. The average Bonchev–Trinajstić information content (AvgIpc) is 2.27. The molecule has 0 saturated heterocycles. The summed E-state index contributed by atoms with van der Waals surface area (Å²) in [6.07, 6.45) is 2.54. The maximum Gasteiger partial charge on any atom is 0.219 e. The van der Waals surface area contributed by atoms with E-state index in [9.17, 15) is 4.79 Å².